The number of amides is 1. The summed E-state index contributed by atoms with van der Waals surface area (Å²) in [6, 6.07) is 16.6. The highest BCUT2D eigenvalue weighted by Gasteiger charge is 2.28. The van der Waals surface area contributed by atoms with Crippen molar-refractivity contribution in [2.75, 3.05) is 13.2 Å². The van der Waals surface area contributed by atoms with Crippen LogP contribution in [0.1, 0.15) is 29.9 Å². The fourth-order valence-electron chi connectivity index (χ4n) is 2.96. The van der Waals surface area contributed by atoms with Gasteiger partial charge in [-0.05, 0) is 28.7 Å². The molecule has 3 heteroatoms. The van der Waals surface area contributed by atoms with E-state index in [9.17, 15) is 4.79 Å². The molecule has 1 radical (unpaired) electrons. The summed E-state index contributed by atoms with van der Waals surface area (Å²) in [6.07, 6.45) is 1.32. The van der Waals surface area contributed by atoms with Gasteiger partial charge in [-0.25, -0.2) is 4.79 Å². The number of rotatable bonds is 5. The van der Waals surface area contributed by atoms with Crippen LogP contribution in [0.5, 0.6) is 0 Å². The Morgan fingerprint density at radius 1 is 1.05 bits per heavy atom. The molecule has 1 N–H and O–H groups in total. The highest BCUT2D eigenvalue weighted by atomic mass is 16.5. The zero-order valence-corrected chi connectivity index (χ0v) is 12.5. The molecule has 0 bridgehead atoms. The van der Waals surface area contributed by atoms with Gasteiger partial charge < -0.3 is 10.1 Å². The first-order chi connectivity index (χ1) is 10.8. The van der Waals surface area contributed by atoms with Gasteiger partial charge in [0, 0.05) is 12.5 Å². The molecular formula is C19H20NO2. The lowest BCUT2D eigenvalue weighted by Gasteiger charge is -2.14. The van der Waals surface area contributed by atoms with Crippen LogP contribution in [0.4, 0.5) is 4.79 Å². The topological polar surface area (TPSA) is 38.3 Å². The summed E-state index contributed by atoms with van der Waals surface area (Å²) >= 11 is 0. The van der Waals surface area contributed by atoms with Crippen LogP contribution in [0.25, 0.3) is 11.1 Å². The van der Waals surface area contributed by atoms with Crippen molar-refractivity contribution in [1.82, 2.24) is 5.32 Å². The van der Waals surface area contributed by atoms with Gasteiger partial charge in [0.1, 0.15) is 6.61 Å². The van der Waals surface area contributed by atoms with E-state index in [-0.39, 0.29) is 12.0 Å². The second-order valence-corrected chi connectivity index (χ2v) is 5.46. The lowest BCUT2D eigenvalue weighted by atomic mass is 9.98. The van der Waals surface area contributed by atoms with Crippen molar-refractivity contribution < 1.29 is 9.53 Å². The Bertz CT molecular complexity index is 620. The van der Waals surface area contributed by atoms with Gasteiger partial charge in [-0.1, -0.05) is 61.9 Å². The van der Waals surface area contributed by atoms with Gasteiger partial charge in [0.25, 0.3) is 0 Å². The van der Waals surface area contributed by atoms with Crippen LogP contribution in [-0.4, -0.2) is 19.2 Å². The van der Waals surface area contributed by atoms with Crippen LogP contribution < -0.4 is 5.32 Å². The van der Waals surface area contributed by atoms with Crippen molar-refractivity contribution in [3.63, 3.8) is 0 Å². The second kappa shape index (κ2) is 6.65. The van der Waals surface area contributed by atoms with E-state index in [0.717, 1.165) is 12.8 Å². The molecule has 2 aromatic carbocycles. The average molecular weight is 294 g/mol. The summed E-state index contributed by atoms with van der Waals surface area (Å²) in [5.41, 5.74) is 4.94. The van der Waals surface area contributed by atoms with Gasteiger partial charge in [0.15, 0.2) is 0 Å². The minimum Gasteiger partial charge on any atom is -0.449 e. The van der Waals surface area contributed by atoms with Crippen LogP contribution in [0, 0.1) is 6.92 Å². The first-order valence-corrected chi connectivity index (χ1v) is 7.69. The maximum Gasteiger partial charge on any atom is 0.407 e. The molecule has 0 aliphatic heterocycles. The summed E-state index contributed by atoms with van der Waals surface area (Å²) < 4.78 is 5.42. The van der Waals surface area contributed by atoms with E-state index in [0.29, 0.717) is 13.2 Å². The molecule has 1 aliphatic carbocycles. The SMILES string of the molecule is [CH2]CCCNC(=O)OCC1c2ccccc2-c2ccccc21. The number of fused-ring (bicyclic) bond motifs is 3. The molecule has 0 heterocycles. The highest BCUT2D eigenvalue weighted by molar-refractivity contribution is 5.79. The van der Waals surface area contributed by atoms with E-state index in [2.05, 4.69) is 36.5 Å². The Kier molecular flexibility index (Phi) is 4.42. The molecule has 2 aromatic rings. The maximum atomic E-state index is 11.7. The van der Waals surface area contributed by atoms with Gasteiger partial charge in [-0.15, -0.1) is 0 Å². The summed E-state index contributed by atoms with van der Waals surface area (Å²) in [4.78, 5) is 11.7. The third-order valence-corrected chi connectivity index (χ3v) is 4.04. The predicted molar refractivity (Wildman–Crippen MR) is 87.7 cm³/mol. The molecule has 1 aliphatic rings. The van der Waals surface area contributed by atoms with E-state index in [4.69, 9.17) is 4.74 Å². The predicted octanol–water partition coefficient (Wildman–Crippen LogP) is 4.14. The van der Waals surface area contributed by atoms with Gasteiger partial charge in [0.2, 0.25) is 0 Å². The van der Waals surface area contributed by atoms with Crippen LogP contribution in [-0.2, 0) is 4.74 Å². The number of carbonyl (C=O) groups excluding carboxylic acids is 1. The molecule has 22 heavy (non-hydrogen) atoms. The molecule has 1 amide bonds. The number of unbranched alkanes of at least 4 members (excludes halogenated alkanes) is 1. The van der Waals surface area contributed by atoms with Crippen molar-refractivity contribution >= 4 is 6.09 Å². The second-order valence-electron chi connectivity index (χ2n) is 5.46. The Hall–Kier alpha value is -2.29. The monoisotopic (exact) mass is 294 g/mol. The number of ether oxygens (including phenoxy) is 1. The largest absolute Gasteiger partial charge is 0.449 e. The number of hydrogen-bond acceptors (Lipinski definition) is 2. The fourth-order valence-corrected chi connectivity index (χ4v) is 2.96. The standard InChI is InChI=1S/C19H20NO2/c1-2-3-12-20-19(21)22-13-18-16-10-6-4-8-14(16)15-9-5-7-11-17(15)18/h4-11,18H,1-3,12-13H2,(H,20,21). The average Bonchev–Trinajstić information content (AvgIpc) is 2.87. The third kappa shape index (κ3) is 2.84. The Labute approximate surface area is 131 Å². The van der Waals surface area contributed by atoms with Crippen LogP contribution in [0.3, 0.4) is 0 Å². The molecule has 0 unspecified atom stereocenters. The molecule has 3 nitrogen and oxygen atoms in total. The Morgan fingerprint density at radius 3 is 2.23 bits per heavy atom. The van der Waals surface area contributed by atoms with Crippen LogP contribution in [0.15, 0.2) is 48.5 Å². The summed E-state index contributed by atoms with van der Waals surface area (Å²) in [7, 11) is 0. The lowest BCUT2D eigenvalue weighted by Crippen LogP contribution is -2.26. The molecule has 0 atom stereocenters. The van der Waals surface area contributed by atoms with Gasteiger partial charge in [-0.2, -0.15) is 0 Å². The molecule has 0 saturated carbocycles. The first kappa shape index (κ1) is 14.6. The van der Waals surface area contributed by atoms with E-state index in [1.807, 2.05) is 24.3 Å². The zero-order chi connectivity index (χ0) is 15.4. The van der Waals surface area contributed by atoms with Gasteiger partial charge in [0.05, 0.1) is 0 Å². The van der Waals surface area contributed by atoms with Crippen LogP contribution in [0.2, 0.25) is 0 Å². The summed E-state index contributed by atoms with van der Waals surface area (Å²) in [5, 5.41) is 2.75. The Balaban J connectivity index is 1.73. The molecule has 0 spiro atoms. The minimum absolute atomic E-state index is 0.117. The quantitative estimate of drug-likeness (QED) is 0.842. The molecule has 0 saturated heterocycles. The van der Waals surface area contributed by atoms with Gasteiger partial charge >= 0.3 is 6.09 Å². The van der Waals surface area contributed by atoms with Crippen molar-refractivity contribution in [1.29, 1.82) is 0 Å². The molecule has 3 rings (SSSR count). The first-order valence-electron chi connectivity index (χ1n) is 7.69. The molecule has 113 valence electrons. The fraction of sp³-hybridized carbons (Fsp3) is 0.263. The van der Waals surface area contributed by atoms with E-state index < -0.39 is 0 Å². The van der Waals surface area contributed by atoms with Crippen LogP contribution >= 0.6 is 0 Å². The van der Waals surface area contributed by atoms with E-state index in [1.54, 1.807) is 0 Å². The third-order valence-electron chi connectivity index (χ3n) is 4.04. The number of nitrogens with one attached hydrogen (secondary N) is 1. The number of carbonyl (C=O) groups is 1. The Morgan fingerprint density at radius 2 is 1.64 bits per heavy atom. The minimum atomic E-state index is -0.352. The van der Waals surface area contributed by atoms with Crippen molar-refractivity contribution in [3.05, 3.63) is 66.6 Å². The highest BCUT2D eigenvalue weighted by Crippen LogP contribution is 2.44. The normalized spacial score (nSPS) is 12.6. The van der Waals surface area contributed by atoms with E-state index >= 15 is 0 Å². The van der Waals surface area contributed by atoms with Crippen molar-refractivity contribution in [3.8, 4) is 11.1 Å². The summed E-state index contributed by atoms with van der Waals surface area (Å²) in [6.45, 7) is 4.73. The van der Waals surface area contributed by atoms with E-state index in [1.165, 1.54) is 22.3 Å². The zero-order valence-electron chi connectivity index (χ0n) is 12.5. The molecule has 0 aromatic heterocycles. The number of benzene rings is 2. The number of hydrogen-bond donors (Lipinski definition) is 1. The maximum absolute atomic E-state index is 11.7. The lowest BCUT2D eigenvalue weighted by molar-refractivity contribution is 0.143. The number of alkyl carbamates (subject to hydrolysis) is 1. The smallest absolute Gasteiger partial charge is 0.407 e. The van der Waals surface area contributed by atoms with Crippen molar-refractivity contribution in [2.24, 2.45) is 0 Å². The van der Waals surface area contributed by atoms with Gasteiger partial charge in [-0.3, -0.25) is 0 Å². The van der Waals surface area contributed by atoms with Crippen molar-refractivity contribution in [2.45, 2.75) is 18.8 Å². The summed E-state index contributed by atoms with van der Waals surface area (Å²) in [5.74, 6) is 0.117. The molecule has 0 fully saturated rings. The molecular weight excluding hydrogens is 274 g/mol.